The smallest absolute Gasteiger partial charge is 0.261 e. The molecule has 0 aliphatic rings. The van der Waals surface area contributed by atoms with Crippen molar-refractivity contribution >= 4 is 16.8 Å². The zero-order chi connectivity index (χ0) is 17.0. The highest BCUT2D eigenvalue weighted by Gasteiger charge is 2.11. The van der Waals surface area contributed by atoms with Crippen LogP contribution in [0.4, 0.5) is 0 Å². The molecule has 0 atom stereocenters. The number of methoxy groups -OCH3 is 2. The molecule has 7 heteroatoms. The molecule has 0 aliphatic carbocycles. The molecule has 1 aromatic carbocycles. The van der Waals surface area contributed by atoms with Gasteiger partial charge in [-0.2, -0.15) is 0 Å². The number of rotatable bonds is 6. The Kier molecular flexibility index (Phi) is 5.20. The molecule has 2 aromatic rings. The van der Waals surface area contributed by atoms with Crippen LogP contribution in [0.15, 0.2) is 23.3 Å². The number of ether oxygens (including phenoxy) is 2. The summed E-state index contributed by atoms with van der Waals surface area (Å²) in [6, 6.07) is 3.31. The Labute approximate surface area is 134 Å². The minimum atomic E-state index is -0.159. The van der Waals surface area contributed by atoms with Gasteiger partial charge in [0, 0.05) is 33.1 Å². The van der Waals surface area contributed by atoms with E-state index < -0.39 is 0 Å². The number of hydrogen-bond donors (Lipinski definition) is 0. The maximum absolute atomic E-state index is 12.5. The van der Waals surface area contributed by atoms with E-state index in [0.29, 0.717) is 41.8 Å². The van der Waals surface area contributed by atoms with E-state index in [0.717, 1.165) is 0 Å². The van der Waals surface area contributed by atoms with Crippen LogP contribution in [-0.4, -0.2) is 48.7 Å². The first kappa shape index (κ1) is 16.8. The summed E-state index contributed by atoms with van der Waals surface area (Å²) < 4.78 is 12.0. The third kappa shape index (κ3) is 3.61. The van der Waals surface area contributed by atoms with Gasteiger partial charge in [-0.25, -0.2) is 4.98 Å². The Hall–Kier alpha value is -2.57. The highest BCUT2D eigenvalue weighted by Crippen LogP contribution is 2.29. The first-order valence-corrected chi connectivity index (χ1v) is 7.29. The quantitative estimate of drug-likeness (QED) is 0.802. The lowest BCUT2D eigenvalue weighted by Gasteiger charge is -2.12. The Morgan fingerprint density at radius 3 is 2.48 bits per heavy atom. The summed E-state index contributed by atoms with van der Waals surface area (Å²) in [5.74, 6) is 1.05. The monoisotopic (exact) mass is 319 g/mol. The summed E-state index contributed by atoms with van der Waals surface area (Å²) in [7, 11) is 6.48. The SMILES string of the molecule is COc1cc2ncn(CCCC(=O)N(C)C)c(=O)c2cc1OC. The van der Waals surface area contributed by atoms with E-state index in [1.165, 1.54) is 25.1 Å². The van der Waals surface area contributed by atoms with Crippen molar-refractivity contribution in [1.82, 2.24) is 14.5 Å². The van der Waals surface area contributed by atoms with E-state index in [-0.39, 0.29) is 11.5 Å². The van der Waals surface area contributed by atoms with E-state index in [9.17, 15) is 9.59 Å². The molecule has 0 saturated carbocycles. The molecular weight excluding hydrogens is 298 g/mol. The van der Waals surface area contributed by atoms with Crippen molar-refractivity contribution in [2.45, 2.75) is 19.4 Å². The molecule has 0 spiro atoms. The summed E-state index contributed by atoms with van der Waals surface area (Å²) in [4.78, 5) is 29.9. The number of carbonyl (C=O) groups is 1. The molecule has 1 heterocycles. The van der Waals surface area contributed by atoms with Crippen molar-refractivity contribution in [3.8, 4) is 11.5 Å². The maximum atomic E-state index is 12.5. The molecule has 0 radical (unpaired) electrons. The Morgan fingerprint density at radius 2 is 1.87 bits per heavy atom. The van der Waals surface area contributed by atoms with Crippen molar-refractivity contribution in [2.75, 3.05) is 28.3 Å². The molecule has 2 rings (SSSR count). The molecule has 124 valence electrons. The lowest BCUT2D eigenvalue weighted by molar-refractivity contribution is -0.128. The largest absolute Gasteiger partial charge is 0.493 e. The summed E-state index contributed by atoms with van der Waals surface area (Å²) in [6.07, 6.45) is 2.47. The average Bonchev–Trinajstić information content (AvgIpc) is 2.55. The Balaban J connectivity index is 2.28. The number of aryl methyl sites for hydroxylation is 1. The van der Waals surface area contributed by atoms with Crippen LogP contribution < -0.4 is 15.0 Å². The van der Waals surface area contributed by atoms with Crippen LogP contribution >= 0.6 is 0 Å². The van der Waals surface area contributed by atoms with Gasteiger partial charge in [0.05, 0.1) is 31.4 Å². The van der Waals surface area contributed by atoms with Gasteiger partial charge in [-0.1, -0.05) is 0 Å². The second kappa shape index (κ2) is 7.13. The van der Waals surface area contributed by atoms with Crippen LogP contribution in [0, 0.1) is 0 Å². The van der Waals surface area contributed by atoms with Gasteiger partial charge in [0.25, 0.3) is 5.56 Å². The molecular formula is C16H21N3O4. The lowest BCUT2D eigenvalue weighted by Crippen LogP contribution is -2.24. The van der Waals surface area contributed by atoms with E-state index in [1.807, 2.05) is 0 Å². The molecule has 0 saturated heterocycles. The zero-order valence-electron chi connectivity index (χ0n) is 13.8. The predicted molar refractivity (Wildman–Crippen MR) is 87.0 cm³/mol. The third-order valence-corrected chi connectivity index (χ3v) is 3.62. The number of amides is 1. The predicted octanol–water partition coefficient (Wildman–Crippen LogP) is 1.28. The Morgan fingerprint density at radius 1 is 1.22 bits per heavy atom. The molecule has 0 aliphatic heterocycles. The molecule has 0 fully saturated rings. The Bertz CT molecular complexity index is 768. The molecule has 1 amide bonds. The van der Waals surface area contributed by atoms with Crippen LogP contribution in [-0.2, 0) is 11.3 Å². The van der Waals surface area contributed by atoms with Gasteiger partial charge >= 0.3 is 0 Å². The lowest BCUT2D eigenvalue weighted by atomic mass is 10.2. The molecule has 1 aromatic heterocycles. The summed E-state index contributed by atoms with van der Waals surface area (Å²) >= 11 is 0. The molecule has 0 N–H and O–H groups in total. The molecule has 23 heavy (non-hydrogen) atoms. The number of nitrogens with zero attached hydrogens (tertiary/aromatic N) is 3. The highest BCUT2D eigenvalue weighted by atomic mass is 16.5. The number of carbonyl (C=O) groups excluding carboxylic acids is 1. The minimum Gasteiger partial charge on any atom is -0.493 e. The second-order valence-electron chi connectivity index (χ2n) is 5.36. The number of hydrogen-bond acceptors (Lipinski definition) is 5. The van der Waals surface area contributed by atoms with Gasteiger partial charge in [-0.3, -0.25) is 14.2 Å². The van der Waals surface area contributed by atoms with Crippen molar-refractivity contribution in [1.29, 1.82) is 0 Å². The number of benzene rings is 1. The van der Waals surface area contributed by atoms with Crippen LogP contribution in [0.1, 0.15) is 12.8 Å². The second-order valence-corrected chi connectivity index (χ2v) is 5.36. The summed E-state index contributed by atoms with van der Waals surface area (Å²) in [6.45, 7) is 0.440. The van der Waals surface area contributed by atoms with Crippen LogP contribution in [0.25, 0.3) is 10.9 Å². The van der Waals surface area contributed by atoms with Crippen LogP contribution in [0.5, 0.6) is 11.5 Å². The minimum absolute atomic E-state index is 0.0400. The molecule has 0 bridgehead atoms. The molecule has 0 unspecified atom stereocenters. The van der Waals surface area contributed by atoms with Crippen molar-refractivity contribution in [2.24, 2.45) is 0 Å². The van der Waals surface area contributed by atoms with E-state index >= 15 is 0 Å². The summed E-state index contributed by atoms with van der Waals surface area (Å²) in [5, 5.41) is 0.462. The fourth-order valence-corrected chi connectivity index (χ4v) is 2.27. The van der Waals surface area contributed by atoms with E-state index in [4.69, 9.17) is 9.47 Å². The number of fused-ring (bicyclic) bond motifs is 1. The van der Waals surface area contributed by atoms with Crippen molar-refractivity contribution in [3.05, 3.63) is 28.8 Å². The third-order valence-electron chi connectivity index (χ3n) is 3.62. The van der Waals surface area contributed by atoms with Gasteiger partial charge in [0.2, 0.25) is 5.91 Å². The van der Waals surface area contributed by atoms with Gasteiger partial charge in [-0.15, -0.1) is 0 Å². The van der Waals surface area contributed by atoms with E-state index in [1.54, 1.807) is 31.1 Å². The fraction of sp³-hybridized carbons (Fsp3) is 0.438. The van der Waals surface area contributed by atoms with Gasteiger partial charge in [-0.05, 0) is 12.5 Å². The van der Waals surface area contributed by atoms with Crippen molar-refractivity contribution in [3.63, 3.8) is 0 Å². The van der Waals surface area contributed by atoms with E-state index in [2.05, 4.69) is 4.98 Å². The number of aromatic nitrogens is 2. The highest BCUT2D eigenvalue weighted by molar-refractivity contribution is 5.81. The maximum Gasteiger partial charge on any atom is 0.261 e. The first-order valence-electron chi connectivity index (χ1n) is 7.29. The average molecular weight is 319 g/mol. The van der Waals surface area contributed by atoms with Crippen LogP contribution in [0.3, 0.4) is 0 Å². The fourth-order valence-electron chi connectivity index (χ4n) is 2.27. The van der Waals surface area contributed by atoms with Gasteiger partial charge in [0.1, 0.15) is 0 Å². The first-order chi connectivity index (χ1) is 11.0. The van der Waals surface area contributed by atoms with Crippen molar-refractivity contribution < 1.29 is 14.3 Å². The van der Waals surface area contributed by atoms with Gasteiger partial charge in [0.15, 0.2) is 11.5 Å². The normalized spacial score (nSPS) is 10.6. The topological polar surface area (TPSA) is 73.7 Å². The van der Waals surface area contributed by atoms with Gasteiger partial charge < -0.3 is 14.4 Å². The van der Waals surface area contributed by atoms with Crippen LogP contribution in [0.2, 0.25) is 0 Å². The standard InChI is InChI=1S/C16H21N3O4/c1-18(2)15(20)6-5-7-19-10-17-12-9-14(23-4)13(22-3)8-11(12)16(19)21/h8-10H,5-7H2,1-4H3. The summed E-state index contributed by atoms with van der Waals surface area (Å²) in [5.41, 5.74) is 0.390. The zero-order valence-corrected chi connectivity index (χ0v) is 13.8. The molecule has 7 nitrogen and oxygen atoms in total.